The average molecular weight is 542 g/mol. The molecule has 31 heavy (non-hydrogen) atoms. The summed E-state index contributed by atoms with van der Waals surface area (Å²) in [5.41, 5.74) is 1.23. The van der Waals surface area contributed by atoms with Gasteiger partial charge in [0, 0.05) is 26.6 Å². The Morgan fingerprint density at radius 1 is 1.16 bits per heavy atom. The van der Waals surface area contributed by atoms with E-state index in [2.05, 4.69) is 42.5 Å². The highest BCUT2D eigenvalue weighted by Gasteiger charge is 2.14. The fraction of sp³-hybridized carbons (Fsp3) is 0.591. The van der Waals surface area contributed by atoms with E-state index in [0.717, 1.165) is 61.5 Å². The number of aliphatic imine (C=N–C) groups is 1. The molecule has 1 aromatic heterocycles. The van der Waals surface area contributed by atoms with Gasteiger partial charge in [0.15, 0.2) is 23.3 Å². The van der Waals surface area contributed by atoms with Crippen LogP contribution in [0.3, 0.4) is 0 Å². The second kappa shape index (κ2) is 13.4. The van der Waals surface area contributed by atoms with Gasteiger partial charge in [-0.25, -0.2) is 0 Å². The van der Waals surface area contributed by atoms with Gasteiger partial charge in [0.2, 0.25) is 0 Å². The van der Waals surface area contributed by atoms with Gasteiger partial charge >= 0.3 is 0 Å². The quantitative estimate of drug-likeness (QED) is 0.219. The number of methoxy groups -OCH3 is 1. The maximum atomic E-state index is 5.66. The molecular formula is C22H35IN6O2. The molecule has 172 valence electrons. The molecule has 0 saturated carbocycles. The summed E-state index contributed by atoms with van der Waals surface area (Å²) in [6.45, 7) is 5.07. The minimum absolute atomic E-state index is 0. The molecule has 1 aliphatic heterocycles. The van der Waals surface area contributed by atoms with E-state index in [4.69, 9.17) is 9.47 Å². The van der Waals surface area contributed by atoms with Crippen molar-refractivity contribution in [2.24, 2.45) is 4.99 Å². The van der Waals surface area contributed by atoms with Crippen LogP contribution >= 0.6 is 24.0 Å². The Hall–Kier alpha value is -2.04. The second-order valence-electron chi connectivity index (χ2n) is 7.37. The maximum Gasteiger partial charge on any atom is 0.191 e. The van der Waals surface area contributed by atoms with Crippen LogP contribution in [0.15, 0.2) is 23.2 Å². The standard InChI is InChI=1S/C22H34N6O2.HI/c1-4-30-19-15-17(11-12-18(19)29-3)9-8-13-24-22(23-2)25-16-21-27-26-20-10-6-5-7-14-28(20)21;/h11-12,15H,4-10,13-14,16H2,1-3H3,(H2,23,24,25);1H. The van der Waals surface area contributed by atoms with Crippen molar-refractivity contribution in [3.05, 3.63) is 35.4 Å². The number of aryl methyl sites for hydroxylation is 2. The predicted octanol–water partition coefficient (Wildman–Crippen LogP) is 3.33. The van der Waals surface area contributed by atoms with Gasteiger partial charge in [0.1, 0.15) is 5.82 Å². The molecule has 0 spiro atoms. The molecule has 0 saturated heterocycles. The predicted molar refractivity (Wildman–Crippen MR) is 134 cm³/mol. The number of nitrogens with zero attached hydrogens (tertiary/aromatic N) is 4. The van der Waals surface area contributed by atoms with E-state index < -0.39 is 0 Å². The van der Waals surface area contributed by atoms with Crippen LogP contribution in [0.1, 0.15) is 49.8 Å². The number of nitrogens with one attached hydrogen (secondary N) is 2. The van der Waals surface area contributed by atoms with Crippen molar-refractivity contribution in [3.63, 3.8) is 0 Å². The number of rotatable bonds is 9. The zero-order valence-corrected chi connectivity index (χ0v) is 21.1. The summed E-state index contributed by atoms with van der Waals surface area (Å²) in [6.07, 6.45) is 6.62. The van der Waals surface area contributed by atoms with Gasteiger partial charge in [-0.1, -0.05) is 12.5 Å². The number of hydrogen-bond acceptors (Lipinski definition) is 5. The first-order chi connectivity index (χ1) is 14.7. The van der Waals surface area contributed by atoms with E-state index in [-0.39, 0.29) is 24.0 Å². The molecule has 0 aliphatic carbocycles. The highest BCUT2D eigenvalue weighted by molar-refractivity contribution is 14.0. The van der Waals surface area contributed by atoms with Gasteiger partial charge in [-0.05, 0) is 50.3 Å². The van der Waals surface area contributed by atoms with Crippen LogP contribution in [0, 0.1) is 0 Å². The number of hydrogen-bond donors (Lipinski definition) is 2. The van der Waals surface area contributed by atoms with Crippen molar-refractivity contribution in [3.8, 4) is 11.5 Å². The molecule has 0 unspecified atom stereocenters. The SMILES string of the molecule is CCOc1cc(CCCNC(=NC)NCc2nnc3n2CCCCC3)ccc1OC.I. The molecule has 0 fully saturated rings. The van der Waals surface area contributed by atoms with Crippen LogP contribution in [0.25, 0.3) is 0 Å². The van der Waals surface area contributed by atoms with E-state index in [1.807, 2.05) is 13.0 Å². The van der Waals surface area contributed by atoms with Crippen LogP contribution in [0.4, 0.5) is 0 Å². The lowest BCUT2D eigenvalue weighted by Gasteiger charge is -2.13. The lowest BCUT2D eigenvalue weighted by molar-refractivity contribution is 0.310. The summed E-state index contributed by atoms with van der Waals surface area (Å²) in [4.78, 5) is 4.32. The van der Waals surface area contributed by atoms with Crippen LogP contribution in [-0.4, -0.2) is 48.0 Å². The van der Waals surface area contributed by atoms with E-state index >= 15 is 0 Å². The fourth-order valence-corrected chi connectivity index (χ4v) is 3.70. The summed E-state index contributed by atoms with van der Waals surface area (Å²) in [6, 6.07) is 6.12. The number of fused-ring (bicyclic) bond motifs is 1. The normalized spacial score (nSPS) is 13.6. The molecule has 1 aromatic carbocycles. The van der Waals surface area contributed by atoms with Gasteiger partial charge in [-0.3, -0.25) is 4.99 Å². The number of benzene rings is 1. The monoisotopic (exact) mass is 542 g/mol. The first-order valence-electron chi connectivity index (χ1n) is 10.9. The Balaban J connectivity index is 0.00000341. The van der Waals surface area contributed by atoms with Gasteiger partial charge in [0.05, 0.1) is 20.3 Å². The number of halogens is 1. The number of aromatic nitrogens is 3. The molecule has 9 heteroatoms. The minimum atomic E-state index is 0. The molecule has 0 amide bonds. The summed E-state index contributed by atoms with van der Waals surface area (Å²) in [5, 5.41) is 15.5. The summed E-state index contributed by atoms with van der Waals surface area (Å²) < 4.78 is 13.3. The van der Waals surface area contributed by atoms with Gasteiger partial charge in [-0.2, -0.15) is 0 Å². The van der Waals surface area contributed by atoms with Crippen molar-refractivity contribution < 1.29 is 9.47 Å². The maximum absolute atomic E-state index is 5.66. The van der Waals surface area contributed by atoms with E-state index in [1.54, 1.807) is 14.2 Å². The zero-order valence-electron chi connectivity index (χ0n) is 18.8. The van der Waals surface area contributed by atoms with E-state index in [0.29, 0.717) is 13.2 Å². The minimum Gasteiger partial charge on any atom is -0.493 e. The molecule has 0 atom stereocenters. The smallest absolute Gasteiger partial charge is 0.191 e. The van der Waals surface area contributed by atoms with Crippen molar-refractivity contribution in [2.45, 2.75) is 58.5 Å². The summed E-state index contributed by atoms with van der Waals surface area (Å²) in [7, 11) is 3.45. The summed E-state index contributed by atoms with van der Waals surface area (Å²) in [5.74, 6) is 4.45. The molecule has 2 aromatic rings. The zero-order chi connectivity index (χ0) is 21.2. The van der Waals surface area contributed by atoms with Gasteiger partial charge < -0.3 is 24.7 Å². The molecule has 8 nitrogen and oxygen atoms in total. The first-order valence-corrected chi connectivity index (χ1v) is 10.9. The van der Waals surface area contributed by atoms with Crippen molar-refractivity contribution in [1.29, 1.82) is 0 Å². The van der Waals surface area contributed by atoms with Crippen LogP contribution < -0.4 is 20.1 Å². The molecular weight excluding hydrogens is 507 g/mol. The van der Waals surface area contributed by atoms with Crippen molar-refractivity contribution >= 4 is 29.9 Å². The first kappa shape index (κ1) is 25.2. The molecule has 1 aliphatic rings. The number of guanidine groups is 1. The fourth-order valence-electron chi connectivity index (χ4n) is 3.70. The molecule has 0 bridgehead atoms. The number of ether oxygens (including phenoxy) is 2. The average Bonchev–Trinajstić information content (AvgIpc) is 2.99. The van der Waals surface area contributed by atoms with Crippen molar-refractivity contribution in [1.82, 2.24) is 25.4 Å². The molecule has 0 radical (unpaired) electrons. The lowest BCUT2D eigenvalue weighted by atomic mass is 10.1. The van der Waals surface area contributed by atoms with Gasteiger partial charge in [-0.15, -0.1) is 34.2 Å². The third-order valence-corrected chi connectivity index (χ3v) is 5.29. The Morgan fingerprint density at radius 3 is 2.81 bits per heavy atom. The van der Waals surface area contributed by atoms with E-state index in [1.165, 1.54) is 24.8 Å². The Bertz CT molecular complexity index is 839. The highest BCUT2D eigenvalue weighted by atomic mass is 127. The van der Waals surface area contributed by atoms with Crippen molar-refractivity contribution in [2.75, 3.05) is 27.3 Å². The summed E-state index contributed by atoms with van der Waals surface area (Å²) >= 11 is 0. The Kier molecular flexibility index (Phi) is 10.9. The molecule has 2 heterocycles. The second-order valence-corrected chi connectivity index (χ2v) is 7.37. The third kappa shape index (κ3) is 7.26. The largest absolute Gasteiger partial charge is 0.493 e. The topological polar surface area (TPSA) is 85.6 Å². The molecule has 3 rings (SSSR count). The molecule has 2 N–H and O–H groups in total. The Morgan fingerprint density at radius 2 is 2.03 bits per heavy atom. The van der Waals surface area contributed by atoms with Crippen LogP contribution in [0.2, 0.25) is 0 Å². The lowest BCUT2D eigenvalue weighted by Crippen LogP contribution is -2.38. The van der Waals surface area contributed by atoms with E-state index in [9.17, 15) is 0 Å². The van der Waals surface area contributed by atoms with Crippen LogP contribution in [0.5, 0.6) is 11.5 Å². The highest BCUT2D eigenvalue weighted by Crippen LogP contribution is 2.28. The third-order valence-electron chi connectivity index (χ3n) is 5.29. The van der Waals surface area contributed by atoms with Gasteiger partial charge in [0.25, 0.3) is 0 Å². The Labute approximate surface area is 202 Å². The van der Waals surface area contributed by atoms with Crippen LogP contribution in [-0.2, 0) is 25.9 Å².